The predicted octanol–water partition coefficient (Wildman–Crippen LogP) is 16.0. The fourth-order valence-electron chi connectivity index (χ4n) is 7.21. The molecule has 0 spiro atoms. The van der Waals surface area contributed by atoms with Crippen molar-refractivity contribution >= 4 is 11.9 Å². The summed E-state index contributed by atoms with van der Waals surface area (Å²) in [7, 11) is 0. The van der Waals surface area contributed by atoms with Crippen LogP contribution in [0.2, 0.25) is 0 Å². The van der Waals surface area contributed by atoms with E-state index in [1.54, 1.807) is 0 Å². The summed E-state index contributed by atoms with van der Waals surface area (Å²) in [4.78, 5) is 24.4. The second-order valence-corrected chi connectivity index (χ2v) is 16.5. The van der Waals surface area contributed by atoms with Gasteiger partial charge in [-0.05, 0) is 51.4 Å². The Bertz CT molecular complexity index is 893. The molecule has 0 aliphatic heterocycles. The molecule has 0 aromatic heterocycles. The molecule has 56 heavy (non-hydrogen) atoms. The lowest BCUT2D eigenvalue weighted by Gasteiger charge is -2.15. The molecular weight excluding hydrogens is 693 g/mol. The molecule has 0 rings (SSSR count). The van der Waals surface area contributed by atoms with E-state index in [9.17, 15) is 14.7 Å². The average Bonchev–Trinajstić information content (AvgIpc) is 3.20. The molecule has 328 valence electrons. The molecule has 0 radical (unpaired) electrons. The van der Waals surface area contributed by atoms with Gasteiger partial charge in [-0.15, -0.1) is 0 Å². The highest BCUT2D eigenvalue weighted by Crippen LogP contribution is 2.16. The molecule has 0 fully saturated rings. The molecule has 1 N–H and O–H groups in total. The molecule has 0 saturated carbocycles. The van der Waals surface area contributed by atoms with Gasteiger partial charge in [-0.3, -0.25) is 9.59 Å². The van der Waals surface area contributed by atoms with Crippen LogP contribution in [0.4, 0.5) is 0 Å². The summed E-state index contributed by atoms with van der Waals surface area (Å²) in [5.74, 6) is -0.583. The number of hydrogen-bond acceptors (Lipinski definition) is 5. The van der Waals surface area contributed by atoms with Gasteiger partial charge in [0.2, 0.25) is 0 Å². The first-order valence-corrected chi connectivity index (χ1v) is 24.5. The van der Waals surface area contributed by atoms with Gasteiger partial charge >= 0.3 is 11.9 Å². The van der Waals surface area contributed by atoms with Gasteiger partial charge in [0.1, 0.15) is 6.61 Å². The molecule has 0 aliphatic rings. The van der Waals surface area contributed by atoms with E-state index < -0.39 is 6.10 Å². The lowest BCUT2D eigenvalue weighted by Crippen LogP contribution is -2.28. The second kappa shape index (κ2) is 47.5. The molecule has 5 nitrogen and oxygen atoms in total. The standard InChI is InChI=1S/C51H94O5/c1-3-5-7-9-11-13-15-17-19-21-22-23-24-25-26-27-28-30-32-34-36-38-40-42-44-46-51(54)56-49(47-52)48-55-50(53)45-43-41-39-37-35-33-31-29-20-18-16-14-12-10-8-6-4-2/h15,17,21-22,24-25,49,52H,3-14,16,18-20,23,26-48H2,1-2H3/b17-15-,22-21-,25-24-. The van der Waals surface area contributed by atoms with Gasteiger partial charge in [0, 0.05) is 12.8 Å². The third-order valence-corrected chi connectivity index (χ3v) is 10.9. The van der Waals surface area contributed by atoms with Crippen LogP contribution in [-0.4, -0.2) is 36.4 Å². The van der Waals surface area contributed by atoms with Gasteiger partial charge in [-0.1, -0.05) is 230 Å². The van der Waals surface area contributed by atoms with Crippen LogP contribution >= 0.6 is 0 Å². The van der Waals surface area contributed by atoms with Crippen LogP contribution in [0, 0.1) is 0 Å². The fraction of sp³-hybridized carbons (Fsp3) is 0.843. The smallest absolute Gasteiger partial charge is 0.306 e. The zero-order valence-electron chi connectivity index (χ0n) is 37.4. The predicted molar refractivity (Wildman–Crippen MR) is 242 cm³/mol. The molecule has 0 aliphatic carbocycles. The number of ether oxygens (including phenoxy) is 2. The van der Waals surface area contributed by atoms with Crippen molar-refractivity contribution in [2.24, 2.45) is 0 Å². The molecule has 1 atom stereocenters. The van der Waals surface area contributed by atoms with E-state index in [-0.39, 0.29) is 25.2 Å². The largest absolute Gasteiger partial charge is 0.462 e. The normalized spacial score (nSPS) is 12.4. The molecular formula is C51H94O5. The van der Waals surface area contributed by atoms with Gasteiger partial charge < -0.3 is 14.6 Å². The fourth-order valence-corrected chi connectivity index (χ4v) is 7.21. The van der Waals surface area contributed by atoms with E-state index in [0.29, 0.717) is 12.8 Å². The third-order valence-electron chi connectivity index (χ3n) is 10.9. The van der Waals surface area contributed by atoms with Crippen LogP contribution in [0.15, 0.2) is 36.5 Å². The summed E-state index contributed by atoms with van der Waals surface area (Å²) in [5.41, 5.74) is 0. The maximum Gasteiger partial charge on any atom is 0.306 e. The molecule has 0 bridgehead atoms. The van der Waals surface area contributed by atoms with Crippen LogP contribution in [0.25, 0.3) is 0 Å². The number of hydrogen-bond donors (Lipinski definition) is 1. The molecule has 0 heterocycles. The van der Waals surface area contributed by atoms with Gasteiger partial charge in [0.15, 0.2) is 6.10 Å². The summed E-state index contributed by atoms with van der Waals surface area (Å²) in [5, 5.41) is 9.61. The first-order valence-electron chi connectivity index (χ1n) is 24.5. The van der Waals surface area contributed by atoms with E-state index in [2.05, 4.69) is 50.3 Å². The Hall–Kier alpha value is -1.88. The van der Waals surface area contributed by atoms with Crippen molar-refractivity contribution in [1.29, 1.82) is 0 Å². The van der Waals surface area contributed by atoms with Crippen LogP contribution in [0.1, 0.15) is 258 Å². The van der Waals surface area contributed by atoms with Gasteiger partial charge in [-0.25, -0.2) is 0 Å². The van der Waals surface area contributed by atoms with Crippen molar-refractivity contribution in [3.63, 3.8) is 0 Å². The molecule has 0 amide bonds. The zero-order valence-corrected chi connectivity index (χ0v) is 37.4. The number of rotatable bonds is 45. The highest BCUT2D eigenvalue weighted by atomic mass is 16.6. The van der Waals surface area contributed by atoms with Crippen molar-refractivity contribution in [2.75, 3.05) is 13.2 Å². The number of aliphatic hydroxyl groups is 1. The van der Waals surface area contributed by atoms with Crippen molar-refractivity contribution in [1.82, 2.24) is 0 Å². The minimum absolute atomic E-state index is 0.0635. The minimum atomic E-state index is -0.771. The maximum atomic E-state index is 12.3. The number of carbonyl (C=O) groups is 2. The number of unbranched alkanes of at least 4 members (excludes halogenated alkanes) is 31. The Morgan fingerprint density at radius 1 is 0.411 bits per heavy atom. The number of allylic oxidation sites excluding steroid dienone is 6. The Kier molecular flexibility index (Phi) is 45.9. The number of carbonyl (C=O) groups excluding carboxylic acids is 2. The van der Waals surface area contributed by atoms with Crippen molar-refractivity contribution < 1.29 is 24.2 Å². The minimum Gasteiger partial charge on any atom is -0.462 e. The molecule has 0 saturated heterocycles. The Balaban J connectivity index is 3.50. The Morgan fingerprint density at radius 3 is 1.07 bits per heavy atom. The number of aliphatic hydroxyl groups excluding tert-OH is 1. The SMILES string of the molecule is CCCCCCC/C=C\C/C=C\C/C=C\CCCCCCCCCCCCC(=O)OC(CO)COC(=O)CCCCCCCCCCCCCCCCCCC. The Labute approximate surface area is 348 Å². The van der Waals surface area contributed by atoms with Crippen molar-refractivity contribution in [2.45, 2.75) is 264 Å². The highest BCUT2D eigenvalue weighted by Gasteiger charge is 2.16. The van der Waals surface area contributed by atoms with Gasteiger partial charge in [0.05, 0.1) is 6.61 Å². The average molecular weight is 787 g/mol. The monoisotopic (exact) mass is 787 g/mol. The zero-order chi connectivity index (χ0) is 40.7. The lowest BCUT2D eigenvalue weighted by molar-refractivity contribution is -0.161. The molecule has 0 aromatic rings. The van der Waals surface area contributed by atoms with Crippen molar-refractivity contribution in [3.05, 3.63) is 36.5 Å². The van der Waals surface area contributed by atoms with E-state index in [0.717, 1.165) is 51.4 Å². The van der Waals surface area contributed by atoms with Crippen LogP contribution in [-0.2, 0) is 19.1 Å². The summed E-state index contributed by atoms with van der Waals surface area (Å²) < 4.78 is 10.7. The van der Waals surface area contributed by atoms with Crippen LogP contribution < -0.4 is 0 Å². The summed E-state index contributed by atoms with van der Waals surface area (Å²) in [6, 6.07) is 0. The topological polar surface area (TPSA) is 72.8 Å². The molecule has 5 heteroatoms. The summed E-state index contributed by atoms with van der Waals surface area (Å²) in [6.45, 7) is 4.15. The second-order valence-electron chi connectivity index (χ2n) is 16.5. The van der Waals surface area contributed by atoms with Crippen molar-refractivity contribution in [3.8, 4) is 0 Å². The quantitative estimate of drug-likeness (QED) is 0.0378. The first kappa shape index (κ1) is 54.1. The summed E-state index contributed by atoms with van der Waals surface area (Å²) >= 11 is 0. The lowest BCUT2D eigenvalue weighted by atomic mass is 10.0. The van der Waals surface area contributed by atoms with E-state index in [1.807, 2.05) is 0 Å². The van der Waals surface area contributed by atoms with E-state index in [4.69, 9.17) is 9.47 Å². The van der Waals surface area contributed by atoms with Crippen LogP contribution in [0.3, 0.4) is 0 Å². The molecule has 0 aromatic carbocycles. The van der Waals surface area contributed by atoms with E-state index >= 15 is 0 Å². The van der Waals surface area contributed by atoms with E-state index in [1.165, 1.54) is 180 Å². The first-order chi connectivity index (χ1) is 27.6. The Morgan fingerprint density at radius 2 is 0.714 bits per heavy atom. The number of esters is 2. The van der Waals surface area contributed by atoms with Gasteiger partial charge in [-0.2, -0.15) is 0 Å². The highest BCUT2D eigenvalue weighted by molar-refractivity contribution is 5.70. The third kappa shape index (κ3) is 44.8. The van der Waals surface area contributed by atoms with Crippen LogP contribution in [0.5, 0.6) is 0 Å². The molecule has 1 unspecified atom stereocenters. The van der Waals surface area contributed by atoms with Gasteiger partial charge in [0.25, 0.3) is 0 Å². The summed E-state index contributed by atoms with van der Waals surface area (Å²) in [6.07, 6.45) is 59.4. The maximum absolute atomic E-state index is 12.3.